The third-order valence-corrected chi connectivity index (χ3v) is 8.03. The summed E-state index contributed by atoms with van der Waals surface area (Å²) < 4.78 is 53.3. The van der Waals surface area contributed by atoms with Crippen molar-refractivity contribution in [2.75, 3.05) is 12.3 Å². The highest BCUT2D eigenvalue weighted by molar-refractivity contribution is 8.26. The number of carbonyl (C=O) groups is 1. The molecule has 1 aromatic heterocycles. The minimum atomic E-state index is -4.26. The van der Waals surface area contributed by atoms with Gasteiger partial charge in [0.2, 0.25) is 0 Å². The third-order valence-electron chi connectivity index (χ3n) is 5.96. The van der Waals surface area contributed by atoms with Gasteiger partial charge in [-0.15, -0.1) is 0 Å². The Bertz CT molecular complexity index is 1720. The second-order valence-electron chi connectivity index (χ2n) is 8.74. The van der Waals surface area contributed by atoms with Gasteiger partial charge in [-0.05, 0) is 36.4 Å². The Labute approximate surface area is 239 Å². The van der Waals surface area contributed by atoms with Crippen molar-refractivity contribution in [2.24, 2.45) is 0 Å². The first kappa shape index (κ1) is 27.7. The number of thioether (sulfide) groups is 1. The van der Waals surface area contributed by atoms with Crippen LogP contribution in [-0.4, -0.2) is 50.2 Å². The number of carbonyl (C=O) groups excluding carboxylic acids is 1. The molecule has 0 unspecified atom stereocenters. The van der Waals surface area contributed by atoms with Crippen LogP contribution >= 0.6 is 24.0 Å². The Kier molecular flexibility index (Phi) is 8.12. The van der Waals surface area contributed by atoms with Gasteiger partial charge in [0.25, 0.3) is 16.0 Å². The molecule has 0 atom stereocenters. The number of hydrogen-bond donors (Lipinski definition) is 1. The standard InChI is InChI=1S/C28H22FN3O5S3/c29-24-12-5-4-7-20(24)18-37-23-11-6-8-19(15-23)26-21(17-32(30-26)22-9-2-1-3-10-22)16-25-27(33)31(28(38)39-25)13-14-40(34,35)36/h1-12,15-17H,13-14,18H2,(H,34,35,36)/b25-16-. The van der Waals surface area contributed by atoms with Gasteiger partial charge < -0.3 is 4.74 Å². The van der Waals surface area contributed by atoms with E-state index in [1.54, 1.807) is 53.4 Å². The molecule has 0 bridgehead atoms. The molecule has 1 N–H and O–H groups in total. The molecule has 1 amide bonds. The average Bonchev–Trinajstić information content (AvgIpc) is 3.47. The summed E-state index contributed by atoms with van der Waals surface area (Å²) in [6.45, 7) is -0.203. The highest BCUT2D eigenvalue weighted by Gasteiger charge is 2.33. The fourth-order valence-electron chi connectivity index (χ4n) is 3.98. The summed E-state index contributed by atoms with van der Waals surface area (Å²) in [5.74, 6) is -0.920. The molecule has 12 heteroatoms. The number of aromatic nitrogens is 2. The van der Waals surface area contributed by atoms with Gasteiger partial charge >= 0.3 is 0 Å². The van der Waals surface area contributed by atoms with Gasteiger partial charge in [0, 0.05) is 29.4 Å². The zero-order valence-corrected chi connectivity index (χ0v) is 23.3. The predicted molar refractivity (Wildman–Crippen MR) is 156 cm³/mol. The minimum Gasteiger partial charge on any atom is -0.489 e. The van der Waals surface area contributed by atoms with Gasteiger partial charge in [-0.1, -0.05) is 72.5 Å². The number of nitrogens with zero attached hydrogens (tertiary/aromatic N) is 3. The monoisotopic (exact) mass is 595 g/mol. The topological polar surface area (TPSA) is 102 Å². The van der Waals surface area contributed by atoms with Crippen LogP contribution in [0, 0.1) is 5.82 Å². The lowest BCUT2D eigenvalue weighted by Gasteiger charge is -2.12. The molecule has 1 aliphatic heterocycles. The fourth-order valence-corrected chi connectivity index (χ4v) is 5.69. The molecule has 204 valence electrons. The lowest BCUT2D eigenvalue weighted by Crippen LogP contribution is -2.32. The number of hydrogen-bond acceptors (Lipinski definition) is 7. The van der Waals surface area contributed by atoms with Gasteiger partial charge in [-0.25, -0.2) is 9.07 Å². The fraction of sp³-hybridized carbons (Fsp3) is 0.107. The summed E-state index contributed by atoms with van der Waals surface area (Å²) in [6, 6.07) is 23.0. The Balaban J connectivity index is 1.48. The normalized spacial score (nSPS) is 14.8. The highest BCUT2D eigenvalue weighted by Crippen LogP contribution is 2.35. The maximum absolute atomic E-state index is 14.1. The summed E-state index contributed by atoms with van der Waals surface area (Å²) in [5.41, 5.74) is 3.11. The van der Waals surface area contributed by atoms with Crippen molar-refractivity contribution in [3.05, 3.63) is 107 Å². The van der Waals surface area contributed by atoms with Crippen LogP contribution in [0.2, 0.25) is 0 Å². The zero-order valence-electron chi connectivity index (χ0n) is 20.8. The molecular weight excluding hydrogens is 574 g/mol. The molecule has 1 aliphatic rings. The van der Waals surface area contributed by atoms with E-state index in [9.17, 15) is 17.6 Å². The first-order valence-corrected chi connectivity index (χ1v) is 14.8. The van der Waals surface area contributed by atoms with E-state index in [4.69, 9.17) is 26.6 Å². The maximum Gasteiger partial charge on any atom is 0.266 e. The second kappa shape index (κ2) is 11.7. The summed E-state index contributed by atoms with van der Waals surface area (Å²) in [4.78, 5) is 14.5. The number of halogens is 1. The SMILES string of the molecule is O=C1/C(=C/c2cn(-c3ccccc3)nc2-c2cccc(OCc3ccccc3F)c2)SC(=S)N1CCS(=O)(=O)O. The van der Waals surface area contributed by atoms with Crippen LogP contribution in [0.4, 0.5) is 4.39 Å². The van der Waals surface area contributed by atoms with Crippen molar-refractivity contribution in [3.63, 3.8) is 0 Å². The largest absolute Gasteiger partial charge is 0.489 e. The molecule has 4 aromatic rings. The smallest absolute Gasteiger partial charge is 0.266 e. The summed E-state index contributed by atoms with van der Waals surface area (Å²) >= 11 is 6.33. The molecule has 0 radical (unpaired) electrons. The Hall–Kier alpha value is -3.84. The van der Waals surface area contributed by atoms with Crippen LogP contribution in [-0.2, 0) is 21.5 Å². The average molecular weight is 596 g/mol. The number of benzene rings is 3. The quantitative estimate of drug-likeness (QED) is 0.157. The number of thiocarbonyl (C=S) groups is 1. The van der Waals surface area contributed by atoms with Gasteiger partial charge in [-0.2, -0.15) is 13.5 Å². The van der Waals surface area contributed by atoms with E-state index >= 15 is 0 Å². The van der Waals surface area contributed by atoms with Crippen molar-refractivity contribution < 1.29 is 26.9 Å². The third kappa shape index (κ3) is 6.48. The van der Waals surface area contributed by atoms with Crippen molar-refractivity contribution in [3.8, 4) is 22.7 Å². The Morgan fingerprint density at radius 1 is 1.05 bits per heavy atom. The second-order valence-corrected chi connectivity index (χ2v) is 12.0. The van der Waals surface area contributed by atoms with Gasteiger partial charge in [0.1, 0.15) is 28.2 Å². The Morgan fingerprint density at radius 2 is 1.80 bits per heavy atom. The lowest BCUT2D eigenvalue weighted by molar-refractivity contribution is -0.121. The van der Waals surface area contributed by atoms with E-state index < -0.39 is 21.8 Å². The number of amides is 1. The lowest BCUT2D eigenvalue weighted by atomic mass is 10.1. The van der Waals surface area contributed by atoms with E-state index in [1.807, 2.05) is 36.4 Å². The molecule has 5 rings (SSSR count). The van der Waals surface area contributed by atoms with Crippen molar-refractivity contribution >= 4 is 50.4 Å². The van der Waals surface area contributed by atoms with Crippen LogP contribution in [0.15, 0.2) is 90.0 Å². The van der Waals surface area contributed by atoms with Crippen LogP contribution < -0.4 is 4.74 Å². The number of rotatable bonds is 9. The van der Waals surface area contributed by atoms with E-state index in [0.29, 0.717) is 33.0 Å². The molecule has 40 heavy (non-hydrogen) atoms. The van der Waals surface area contributed by atoms with Crippen LogP contribution in [0.5, 0.6) is 5.75 Å². The van der Waals surface area contributed by atoms with Crippen LogP contribution in [0.25, 0.3) is 23.0 Å². The molecule has 1 saturated heterocycles. The molecule has 0 aliphatic carbocycles. The van der Waals surface area contributed by atoms with E-state index in [2.05, 4.69) is 0 Å². The van der Waals surface area contributed by atoms with Crippen molar-refractivity contribution in [2.45, 2.75) is 6.61 Å². The molecule has 2 heterocycles. The predicted octanol–water partition coefficient (Wildman–Crippen LogP) is 5.35. The molecule has 1 fully saturated rings. The number of para-hydroxylation sites is 1. The first-order valence-electron chi connectivity index (χ1n) is 12.0. The van der Waals surface area contributed by atoms with Gasteiger partial charge in [0.05, 0.1) is 16.3 Å². The molecule has 0 spiro atoms. The van der Waals surface area contributed by atoms with Crippen molar-refractivity contribution in [1.29, 1.82) is 0 Å². The Morgan fingerprint density at radius 3 is 2.55 bits per heavy atom. The van der Waals surface area contributed by atoms with Gasteiger partial charge in [0.15, 0.2) is 0 Å². The van der Waals surface area contributed by atoms with Crippen LogP contribution in [0.1, 0.15) is 11.1 Å². The molecule has 8 nitrogen and oxygen atoms in total. The molecule has 0 saturated carbocycles. The van der Waals surface area contributed by atoms with E-state index in [0.717, 1.165) is 22.3 Å². The molecular formula is C28H22FN3O5S3. The minimum absolute atomic E-state index is 0.0491. The first-order chi connectivity index (χ1) is 19.2. The molecule has 3 aromatic carbocycles. The van der Waals surface area contributed by atoms with Crippen molar-refractivity contribution in [1.82, 2.24) is 14.7 Å². The van der Waals surface area contributed by atoms with Gasteiger partial charge in [-0.3, -0.25) is 14.2 Å². The summed E-state index contributed by atoms with van der Waals surface area (Å²) in [5, 5.41) is 4.78. The number of ether oxygens (including phenoxy) is 1. The summed E-state index contributed by atoms with van der Waals surface area (Å²) in [7, 11) is -4.26. The zero-order chi connectivity index (χ0) is 28.3. The highest BCUT2D eigenvalue weighted by atomic mass is 32.2. The maximum atomic E-state index is 14.1. The van der Waals surface area contributed by atoms with E-state index in [-0.39, 0.29) is 23.3 Å². The summed E-state index contributed by atoms with van der Waals surface area (Å²) in [6.07, 6.45) is 3.43. The van der Waals surface area contributed by atoms with Crippen LogP contribution in [0.3, 0.4) is 0 Å². The van der Waals surface area contributed by atoms with E-state index in [1.165, 1.54) is 6.07 Å².